The highest BCUT2D eigenvalue weighted by Gasteiger charge is 2.33. The number of aromatic nitrogens is 1. The van der Waals surface area contributed by atoms with Gasteiger partial charge in [0.15, 0.2) is 0 Å². The van der Waals surface area contributed by atoms with E-state index in [2.05, 4.69) is 21.2 Å². The predicted molar refractivity (Wildman–Crippen MR) is 116 cm³/mol. The number of amides is 1. The molecule has 1 fully saturated rings. The van der Waals surface area contributed by atoms with Gasteiger partial charge in [0, 0.05) is 31.7 Å². The van der Waals surface area contributed by atoms with Gasteiger partial charge in [0.2, 0.25) is 5.88 Å². The summed E-state index contributed by atoms with van der Waals surface area (Å²) in [6, 6.07) is 4.33. The number of carbonyl (C=O) groups excluding carboxylic acids is 1. The number of nitrogens with one attached hydrogen (secondary N) is 3. The molecule has 1 aromatic carbocycles. The molecule has 1 atom stereocenters. The molecule has 3 N–H and O–H groups in total. The van der Waals surface area contributed by atoms with E-state index in [1.54, 1.807) is 30.7 Å². The smallest absolute Gasteiger partial charge is 0.416 e. The summed E-state index contributed by atoms with van der Waals surface area (Å²) in [6.07, 6.45) is 2.51. The Hall–Kier alpha value is -3.60. The maximum atomic E-state index is 13.8. The fourth-order valence-corrected chi connectivity index (χ4v) is 4.19. The number of halogens is 4. The lowest BCUT2D eigenvalue weighted by Crippen LogP contribution is -2.31. The van der Waals surface area contributed by atoms with Crippen LogP contribution in [0.25, 0.3) is 0 Å². The van der Waals surface area contributed by atoms with Crippen LogP contribution in [0.4, 0.5) is 17.6 Å². The standard InChI is InChI=1S/C23H23F4N5O2/c1-34-22-20(21(33)31-18-2-6-29-30-11-18)19(3-5-28-22)15-4-7-32(13-15)12-14-8-16(23(25,26)27)10-17(24)9-14/h2-3,5-6,8-11,15,29-30H,4,7,12-13H2,1H3,(H,31,33). The van der Waals surface area contributed by atoms with Gasteiger partial charge in [-0.15, -0.1) is 0 Å². The summed E-state index contributed by atoms with van der Waals surface area (Å²) < 4.78 is 58.3. The highest BCUT2D eigenvalue weighted by molar-refractivity contribution is 5.99. The number of benzene rings is 1. The van der Waals surface area contributed by atoms with Gasteiger partial charge in [0.05, 0.1) is 18.4 Å². The van der Waals surface area contributed by atoms with Crippen LogP contribution >= 0.6 is 0 Å². The van der Waals surface area contributed by atoms with Crippen molar-refractivity contribution in [1.82, 2.24) is 26.1 Å². The zero-order valence-electron chi connectivity index (χ0n) is 18.2. The van der Waals surface area contributed by atoms with Crippen LogP contribution in [0.3, 0.4) is 0 Å². The topological polar surface area (TPSA) is 78.5 Å². The number of hydrogen-bond donors (Lipinski definition) is 3. The van der Waals surface area contributed by atoms with Gasteiger partial charge < -0.3 is 20.9 Å². The minimum absolute atomic E-state index is 0.0797. The summed E-state index contributed by atoms with van der Waals surface area (Å²) in [5, 5.41) is 2.80. The van der Waals surface area contributed by atoms with Crippen LogP contribution in [0.1, 0.15) is 39.4 Å². The lowest BCUT2D eigenvalue weighted by atomic mass is 9.94. The van der Waals surface area contributed by atoms with Crippen molar-refractivity contribution in [1.29, 1.82) is 0 Å². The third-order valence-corrected chi connectivity index (χ3v) is 5.69. The number of carbonyl (C=O) groups is 1. The van der Waals surface area contributed by atoms with Crippen molar-refractivity contribution >= 4 is 5.91 Å². The second-order valence-electron chi connectivity index (χ2n) is 8.03. The van der Waals surface area contributed by atoms with E-state index < -0.39 is 23.5 Å². The Morgan fingerprint density at radius 2 is 2.12 bits per heavy atom. The Morgan fingerprint density at radius 3 is 2.82 bits per heavy atom. The summed E-state index contributed by atoms with van der Waals surface area (Å²) in [5.74, 6) is -1.21. The van der Waals surface area contributed by atoms with Crippen molar-refractivity contribution in [2.45, 2.75) is 25.1 Å². The van der Waals surface area contributed by atoms with Crippen molar-refractivity contribution < 1.29 is 27.1 Å². The Labute approximate surface area is 193 Å². The van der Waals surface area contributed by atoms with E-state index in [-0.39, 0.29) is 23.9 Å². The lowest BCUT2D eigenvalue weighted by Gasteiger charge is -2.20. The Bertz CT molecular complexity index is 1130. The minimum atomic E-state index is -4.62. The number of alkyl halides is 3. The quantitative estimate of drug-likeness (QED) is 0.554. The van der Waals surface area contributed by atoms with Gasteiger partial charge in [-0.3, -0.25) is 9.69 Å². The van der Waals surface area contributed by atoms with E-state index in [0.717, 1.165) is 17.7 Å². The number of likely N-dealkylation sites (tertiary alicyclic amines) is 1. The first kappa shape index (κ1) is 23.6. The first-order valence-corrected chi connectivity index (χ1v) is 10.6. The van der Waals surface area contributed by atoms with Crippen LogP contribution in [0, 0.1) is 5.82 Å². The summed E-state index contributed by atoms with van der Waals surface area (Å²) in [7, 11) is 1.43. The molecule has 0 radical (unpaired) electrons. The Kier molecular flexibility index (Phi) is 6.73. The van der Waals surface area contributed by atoms with Crippen LogP contribution in [0.15, 0.2) is 54.6 Å². The highest BCUT2D eigenvalue weighted by atomic mass is 19.4. The number of nitrogens with zero attached hydrogens (tertiary/aromatic N) is 2. The number of hydrazine groups is 1. The minimum Gasteiger partial charge on any atom is -0.480 e. The monoisotopic (exact) mass is 477 g/mol. The number of methoxy groups -OCH3 is 1. The van der Waals surface area contributed by atoms with Crippen molar-refractivity contribution in [2.75, 3.05) is 20.2 Å². The van der Waals surface area contributed by atoms with E-state index in [1.165, 1.54) is 7.11 Å². The number of hydrogen-bond acceptors (Lipinski definition) is 6. The molecular weight excluding hydrogens is 454 g/mol. The predicted octanol–water partition coefficient (Wildman–Crippen LogP) is 3.43. The summed E-state index contributed by atoms with van der Waals surface area (Å²) >= 11 is 0. The fraction of sp³-hybridized carbons (Fsp3) is 0.304. The molecule has 1 unspecified atom stereocenters. The number of ether oxygens (including phenoxy) is 1. The molecule has 1 aromatic heterocycles. The van der Waals surface area contributed by atoms with Crippen molar-refractivity contribution in [3.8, 4) is 5.88 Å². The van der Waals surface area contributed by atoms with E-state index in [4.69, 9.17) is 4.74 Å². The molecule has 0 saturated carbocycles. The van der Waals surface area contributed by atoms with Crippen molar-refractivity contribution in [3.05, 3.63) is 82.7 Å². The average molecular weight is 477 g/mol. The Morgan fingerprint density at radius 1 is 1.29 bits per heavy atom. The number of pyridine rings is 1. The Balaban J connectivity index is 1.53. The third-order valence-electron chi connectivity index (χ3n) is 5.69. The van der Waals surface area contributed by atoms with Gasteiger partial charge in [0.25, 0.3) is 5.91 Å². The van der Waals surface area contributed by atoms with E-state index in [1.807, 2.05) is 4.90 Å². The van der Waals surface area contributed by atoms with Gasteiger partial charge in [-0.25, -0.2) is 9.37 Å². The summed E-state index contributed by atoms with van der Waals surface area (Å²) in [4.78, 5) is 19.2. The molecule has 11 heteroatoms. The van der Waals surface area contributed by atoms with Crippen LogP contribution in [-0.4, -0.2) is 36.0 Å². The third kappa shape index (κ3) is 5.30. The molecule has 0 aliphatic carbocycles. The maximum Gasteiger partial charge on any atom is 0.416 e. The zero-order valence-corrected chi connectivity index (χ0v) is 18.2. The van der Waals surface area contributed by atoms with Gasteiger partial charge in [0.1, 0.15) is 11.4 Å². The van der Waals surface area contributed by atoms with Crippen LogP contribution in [0.5, 0.6) is 5.88 Å². The zero-order chi connectivity index (χ0) is 24.3. The SMILES string of the molecule is COc1nccc(C2CCN(Cc3cc(F)cc(C(F)(F)F)c3)C2)c1C(=O)NC1=CNNC=C1. The molecule has 2 aromatic rings. The normalized spacial score (nSPS) is 18.1. The number of allylic oxidation sites excluding steroid dienone is 1. The molecule has 0 bridgehead atoms. The summed E-state index contributed by atoms with van der Waals surface area (Å²) in [6.45, 7) is 1.23. The van der Waals surface area contributed by atoms with Gasteiger partial charge in [-0.05, 0) is 60.4 Å². The van der Waals surface area contributed by atoms with Crippen molar-refractivity contribution in [3.63, 3.8) is 0 Å². The molecule has 0 spiro atoms. The first-order chi connectivity index (χ1) is 16.2. The maximum absolute atomic E-state index is 13.8. The molecule has 1 saturated heterocycles. The fourth-order valence-electron chi connectivity index (χ4n) is 4.19. The molecule has 180 valence electrons. The second kappa shape index (κ2) is 9.72. The largest absolute Gasteiger partial charge is 0.480 e. The molecular formula is C23H23F4N5O2. The molecule has 2 aliphatic rings. The molecule has 1 amide bonds. The van der Waals surface area contributed by atoms with Crippen LogP contribution in [0.2, 0.25) is 0 Å². The molecule has 34 heavy (non-hydrogen) atoms. The number of rotatable bonds is 6. The summed E-state index contributed by atoms with van der Waals surface area (Å²) in [5.41, 5.74) is 6.34. The first-order valence-electron chi connectivity index (χ1n) is 10.6. The van der Waals surface area contributed by atoms with Crippen molar-refractivity contribution in [2.24, 2.45) is 0 Å². The lowest BCUT2D eigenvalue weighted by molar-refractivity contribution is -0.137. The molecule has 3 heterocycles. The van der Waals surface area contributed by atoms with Crippen LogP contribution in [-0.2, 0) is 12.7 Å². The molecule has 7 nitrogen and oxygen atoms in total. The highest BCUT2D eigenvalue weighted by Crippen LogP contribution is 2.35. The van der Waals surface area contributed by atoms with Gasteiger partial charge >= 0.3 is 6.18 Å². The second-order valence-corrected chi connectivity index (χ2v) is 8.03. The van der Waals surface area contributed by atoms with Gasteiger partial charge in [-0.2, -0.15) is 13.2 Å². The van der Waals surface area contributed by atoms with Crippen LogP contribution < -0.4 is 20.9 Å². The van der Waals surface area contributed by atoms with E-state index in [9.17, 15) is 22.4 Å². The molecule has 4 rings (SSSR count). The van der Waals surface area contributed by atoms with E-state index >= 15 is 0 Å². The van der Waals surface area contributed by atoms with E-state index in [0.29, 0.717) is 36.8 Å². The average Bonchev–Trinajstić information content (AvgIpc) is 3.26. The van der Waals surface area contributed by atoms with Gasteiger partial charge in [-0.1, -0.05) is 0 Å². The molecule has 2 aliphatic heterocycles.